The number of nitrogens with zero attached hydrogens (tertiary/aromatic N) is 3. The zero-order chi connectivity index (χ0) is 17.1. The van der Waals surface area contributed by atoms with Crippen molar-refractivity contribution in [1.29, 1.82) is 0 Å². The molecule has 130 valence electrons. The number of aliphatic hydroxyl groups excluding tert-OH is 1. The first-order valence-electron chi connectivity index (χ1n) is 8.71. The van der Waals surface area contributed by atoms with E-state index in [-0.39, 0.29) is 18.1 Å². The van der Waals surface area contributed by atoms with Crippen LogP contribution in [-0.2, 0) is 6.54 Å². The number of aromatic nitrogens is 3. The van der Waals surface area contributed by atoms with Crippen LogP contribution in [0.5, 0.6) is 0 Å². The summed E-state index contributed by atoms with van der Waals surface area (Å²) in [5, 5.41) is 21.5. The molecule has 3 N–H and O–H groups in total. The van der Waals surface area contributed by atoms with E-state index in [1.165, 1.54) is 0 Å². The minimum absolute atomic E-state index is 0.144. The summed E-state index contributed by atoms with van der Waals surface area (Å²) in [5.74, 6) is -0.144. The van der Waals surface area contributed by atoms with Crippen LogP contribution in [-0.4, -0.2) is 44.5 Å². The molecule has 1 fully saturated rings. The summed E-state index contributed by atoms with van der Waals surface area (Å²) < 4.78 is 1.82. The van der Waals surface area contributed by atoms with Crippen molar-refractivity contribution < 1.29 is 9.90 Å². The predicted molar refractivity (Wildman–Crippen MR) is 93.1 cm³/mol. The van der Waals surface area contributed by atoms with Gasteiger partial charge in [-0.05, 0) is 39.5 Å². The molecule has 1 saturated carbocycles. The third-order valence-electron chi connectivity index (χ3n) is 4.54. The van der Waals surface area contributed by atoms with Gasteiger partial charge in [-0.1, -0.05) is 0 Å². The van der Waals surface area contributed by atoms with Gasteiger partial charge in [0.1, 0.15) is 0 Å². The number of anilines is 1. The van der Waals surface area contributed by atoms with Crippen LogP contribution in [0.25, 0.3) is 11.0 Å². The number of hydrogen-bond donors (Lipinski definition) is 3. The van der Waals surface area contributed by atoms with Crippen LogP contribution in [0.3, 0.4) is 0 Å². The van der Waals surface area contributed by atoms with Crippen LogP contribution in [0.15, 0.2) is 12.4 Å². The number of aliphatic hydroxyl groups is 1. The largest absolute Gasteiger partial charge is 0.393 e. The van der Waals surface area contributed by atoms with Crippen LogP contribution in [0.2, 0.25) is 0 Å². The standard InChI is InChI=1S/C17H25N5O2/c1-3-18-17(24)14-9-19-16-13(10-20-22(16)4-2)15(14)21-11-6-5-7-12(23)8-11/h9-12,23H,3-8H2,1-2H3,(H,18,24)(H,19,21). The molecule has 0 radical (unpaired) electrons. The van der Waals surface area contributed by atoms with Crippen molar-refractivity contribution in [1.82, 2.24) is 20.1 Å². The smallest absolute Gasteiger partial charge is 0.254 e. The van der Waals surface area contributed by atoms with Gasteiger partial charge in [-0.2, -0.15) is 5.10 Å². The number of aryl methyl sites for hydroxylation is 1. The molecule has 1 amide bonds. The number of fused-ring (bicyclic) bond motifs is 1. The third kappa shape index (κ3) is 3.21. The van der Waals surface area contributed by atoms with Crippen molar-refractivity contribution in [3.8, 4) is 0 Å². The summed E-state index contributed by atoms with van der Waals surface area (Å²) in [6.07, 6.45) is 6.61. The highest BCUT2D eigenvalue weighted by Crippen LogP contribution is 2.30. The quantitative estimate of drug-likeness (QED) is 0.778. The first-order valence-corrected chi connectivity index (χ1v) is 8.71. The van der Waals surface area contributed by atoms with Crippen molar-refractivity contribution in [2.75, 3.05) is 11.9 Å². The van der Waals surface area contributed by atoms with E-state index in [9.17, 15) is 9.90 Å². The topological polar surface area (TPSA) is 92.1 Å². The minimum atomic E-state index is -0.278. The summed E-state index contributed by atoms with van der Waals surface area (Å²) in [6.45, 7) is 5.19. The summed E-state index contributed by atoms with van der Waals surface area (Å²) in [6, 6.07) is 0.150. The van der Waals surface area contributed by atoms with Crippen LogP contribution < -0.4 is 10.6 Å². The Morgan fingerprint density at radius 3 is 2.92 bits per heavy atom. The van der Waals surface area contributed by atoms with Gasteiger partial charge in [-0.3, -0.25) is 4.79 Å². The molecule has 0 aromatic carbocycles. The highest BCUT2D eigenvalue weighted by atomic mass is 16.3. The van der Waals surface area contributed by atoms with Crippen molar-refractivity contribution in [3.05, 3.63) is 18.0 Å². The molecule has 0 spiro atoms. The van der Waals surface area contributed by atoms with Crippen molar-refractivity contribution in [2.24, 2.45) is 0 Å². The molecule has 2 atom stereocenters. The van der Waals surface area contributed by atoms with E-state index in [2.05, 4.69) is 20.7 Å². The lowest BCUT2D eigenvalue weighted by molar-refractivity contribution is 0.0956. The van der Waals surface area contributed by atoms with Crippen LogP contribution >= 0.6 is 0 Å². The number of hydrogen-bond acceptors (Lipinski definition) is 5. The highest BCUT2D eigenvalue weighted by Gasteiger charge is 2.24. The molecular weight excluding hydrogens is 306 g/mol. The number of amides is 1. The first kappa shape index (κ1) is 16.7. The average Bonchev–Trinajstić information content (AvgIpc) is 2.99. The van der Waals surface area contributed by atoms with E-state index < -0.39 is 0 Å². The van der Waals surface area contributed by atoms with Crippen LogP contribution in [0.1, 0.15) is 49.9 Å². The van der Waals surface area contributed by atoms with Crippen LogP contribution in [0.4, 0.5) is 5.69 Å². The molecule has 2 heterocycles. The van der Waals surface area contributed by atoms with Gasteiger partial charge in [-0.25, -0.2) is 9.67 Å². The van der Waals surface area contributed by atoms with E-state index in [4.69, 9.17) is 0 Å². The fourth-order valence-electron chi connectivity index (χ4n) is 3.34. The Bertz CT molecular complexity index is 727. The Hall–Kier alpha value is -2.15. The number of carbonyl (C=O) groups is 1. The Balaban J connectivity index is 2.01. The van der Waals surface area contributed by atoms with Gasteiger partial charge in [0.15, 0.2) is 5.65 Å². The SMILES string of the molecule is CCNC(=O)c1cnc2c(cnn2CC)c1NC1CCCC(O)C1. The fraction of sp³-hybridized carbons (Fsp3) is 0.588. The molecule has 2 unspecified atom stereocenters. The van der Waals surface area contributed by atoms with Crippen molar-refractivity contribution >= 4 is 22.6 Å². The molecule has 7 heteroatoms. The van der Waals surface area contributed by atoms with Gasteiger partial charge in [0.25, 0.3) is 5.91 Å². The number of carbonyl (C=O) groups excluding carboxylic acids is 1. The van der Waals surface area contributed by atoms with E-state index in [1.54, 1.807) is 12.4 Å². The molecular formula is C17H25N5O2. The Kier molecular flexibility index (Phi) is 4.99. The zero-order valence-electron chi connectivity index (χ0n) is 14.2. The van der Waals surface area contributed by atoms with Crippen molar-refractivity contribution in [3.63, 3.8) is 0 Å². The number of nitrogens with one attached hydrogen (secondary N) is 2. The van der Waals surface area contributed by atoms with E-state index in [0.29, 0.717) is 18.5 Å². The predicted octanol–water partition coefficient (Wildman–Crippen LogP) is 1.92. The minimum Gasteiger partial charge on any atom is -0.393 e. The molecule has 1 aliphatic rings. The third-order valence-corrected chi connectivity index (χ3v) is 4.54. The molecule has 24 heavy (non-hydrogen) atoms. The van der Waals surface area contributed by atoms with Gasteiger partial charge in [0, 0.05) is 25.3 Å². The van der Waals surface area contributed by atoms with Gasteiger partial charge in [0.05, 0.1) is 28.9 Å². The maximum absolute atomic E-state index is 12.4. The lowest BCUT2D eigenvalue weighted by Crippen LogP contribution is -2.31. The van der Waals surface area contributed by atoms with Crippen LogP contribution in [0, 0.1) is 0 Å². The molecule has 2 aromatic heterocycles. The monoisotopic (exact) mass is 331 g/mol. The summed E-state index contributed by atoms with van der Waals surface area (Å²) in [7, 11) is 0. The molecule has 0 bridgehead atoms. The normalized spacial score (nSPS) is 21.0. The highest BCUT2D eigenvalue weighted by molar-refractivity contribution is 6.06. The second-order valence-electron chi connectivity index (χ2n) is 6.27. The van der Waals surface area contributed by atoms with E-state index in [1.807, 2.05) is 18.5 Å². The summed E-state index contributed by atoms with van der Waals surface area (Å²) >= 11 is 0. The van der Waals surface area contributed by atoms with Crippen molar-refractivity contribution in [2.45, 2.75) is 58.2 Å². The van der Waals surface area contributed by atoms with Gasteiger partial charge >= 0.3 is 0 Å². The second kappa shape index (κ2) is 7.17. The summed E-state index contributed by atoms with van der Waals surface area (Å²) in [4.78, 5) is 16.9. The molecule has 2 aromatic rings. The molecule has 1 aliphatic carbocycles. The number of rotatable bonds is 5. The Morgan fingerprint density at radius 1 is 1.38 bits per heavy atom. The first-order chi connectivity index (χ1) is 11.6. The van der Waals surface area contributed by atoms with E-state index >= 15 is 0 Å². The maximum atomic E-state index is 12.4. The Morgan fingerprint density at radius 2 is 2.21 bits per heavy atom. The van der Waals surface area contributed by atoms with E-state index in [0.717, 1.165) is 42.5 Å². The number of pyridine rings is 1. The zero-order valence-corrected chi connectivity index (χ0v) is 14.2. The maximum Gasteiger partial charge on any atom is 0.254 e. The lowest BCUT2D eigenvalue weighted by atomic mass is 9.92. The lowest BCUT2D eigenvalue weighted by Gasteiger charge is -2.28. The van der Waals surface area contributed by atoms with Gasteiger partial charge in [-0.15, -0.1) is 0 Å². The second-order valence-corrected chi connectivity index (χ2v) is 6.27. The molecule has 0 aliphatic heterocycles. The molecule has 0 saturated heterocycles. The molecule has 3 rings (SSSR count). The summed E-state index contributed by atoms with van der Waals surface area (Å²) in [5.41, 5.74) is 2.06. The van der Waals surface area contributed by atoms with Gasteiger partial charge < -0.3 is 15.7 Å². The molecule has 7 nitrogen and oxygen atoms in total. The average molecular weight is 331 g/mol. The van der Waals surface area contributed by atoms with Gasteiger partial charge in [0.2, 0.25) is 0 Å². The fourth-order valence-corrected chi connectivity index (χ4v) is 3.34. The Labute approximate surface area is 141 Å².